The molecule has 1 atom stereocenters. The quantitative estimate of drug-likeness (QED) is 0.515. The molecule has 1 aliphatic carbocycles. The van der Waals surface area contributed by atoms with Crippen LogP contribution in [0.2, 0.25) is 0 Å². The number of aromatic nitrogens is 1. The molecule has 1 aromatic heterocycles. The van der Waals surface area contributed by atoms with E-state index in [4.69, 9.17) is 9.40 Å². The van der Waals surface area contributed by atoms with E-state index in [0.29, 0.717) is 11.3 Å². The van der Waals surface area contributed by atoms with Crippen LogP contribution in [0.5, 0.6) is 0 Å². The molecule has 1 fully saturated rings. The van der Waals surface area contributed by atoms with Gasteiger partial charge >= 0.3 is 0 Å². The summed E-state index contributed by atoms with van der Waals surface area (Å²) >= 11 is 1.37. The van der Waals surface area contributed by atoms with Crippen molar-refractivity contribution in [1.29, 1.82) is 0 Å². The van der Waals surface area contributed by atoms with Gasteiger partial charge in [0.1, 0.15) is 5.69 Å². The van der Waals surface area contributed by atoms with Crippen LogP contribution in [0, 0.1) is 0 Å². The highest BCUT2D eigenvalue weighted by molar-refractivity contribution is 8.00. The Morgan fingerprint density at radius 3 is 2.28 bits per heavy atom. The minimum absolute atomic E-state index is 0.0580. The zero-order valence-corrected chi connectivity index (χ0v) is 17.5. The van der Waals surface area contributed by atoms with Crippen molar-refractivity contribution in [2.45, 2.75) is 55.5 Å². The number of hydrogen-bond donors (Lipinski definition) is 1. The second-order valence-electron chi connectivity index (χ2n) is 7.49. The average molecular weight is 407 g/mol. The number of carbonyl (C=O) groups is 1. The predicted octanol–water partition coefficient (Wildman–Crippen LogP) is 5.94. The SMILES string of the molecule is C[C@H](Sc1nc(-c2ccccc2)c(-c2ccccc2)o1)C(=O)NC1CCCCC1. The summed E-state index contributed by atoms with van der Waals surface area (Å²) < 4.78 is 6.14. The summed E-state index contributed by atoms with van der Waals surface area (Å²) in [7, 11) is 0. The van der Waals surface area contributed by atoms with Gasteiger partial charge in [0.15, 0.2) is 5.76 Å². The van der Waals surface area contributed by atoms with Crippen LogP contribution >= 0.6 is 11.8 Å². The molecule has 0 bridgehead atoms. The molecule has 2 aromatic carbocycles. The van der Waals surface area contributed by atoms with Gasteiger partial charge in [-0.05, 0) is 19.8 Å². The number of amides is 1. The van der Waals surface area contributed by atoms with Gasteiger partial charge in [-0.2, -0.15) is 0 Å². The van der Waals surface area contributed by atoms with E-state index in [0.717, 1.165) is 35.4 Å². The van der Waals surface area contributed by atoms with E-state index in [1.807, 2.05) is 67.6 Å². The maximum absolute atomic E-state index is 12.6. The van der Waals surface area contributed by atoms with Crippen molar-refractivity contribution in [3.05, 3.63) is 60.7 Å². The van der Waals surface area contributed by atoms with E-state index in [1.165, 1.54) is 31.0 Å². The molecule has 0 unspecified atom stereocenters. The maximum atomic E-state index is 12.6. The Labute approximate surface area is 176 Å². The molecular weight excluding hydrogens is 380 g/mol. The third-order valence-electron chi connectivity index (χ3n) is 5.29. The Morgan fingerprint density at radius 1 is 1.00 bits per heavy atom. The van der Waals surface area contributed by atoms with Crippen LogP contribution in [-0.4, -0.2) is 22.2 Å². The van der Waals surface area contributed by atoms with Gasteiger partial charge in [0, 0.05) is 17.2 Å². The van der Waals surface area contributed by atoms with Crippen molar-refractivity contribution in [2.24, 2.45) is 0 Å². The summed E-state index contributed by atoms with van der Waals surface area (Å²) in [4.78, 5) is 17.4. The molecule has 4 nitrogen and oxygen atoms in total. The monoisotopic (exact) mass is 406 g/mol. The molecule has 5 heteroatoms. The van der Waals surface area contributed by atoms with E-state index in [2.05, 4.69) is 5.32 Å². The number of hydrogen-bond acceptors (Lipinski definition) is 4. The van der Waals surface area contributed by atoms with Gasteiger partial charge in [-0.15, -0.1) is 0 Å². The lowest BCUT2D eigenvalue weighted by molar-refractivity contribution is -0.121. The van der Waals surface area contributed by atoms with E-state index in [-0.39, 0.29) is 11.2 Å². The third-order valence-corrected chi connectivity index (χ3v) is 6.23. The van der Waals surface area contributed by atoms with Crippen molar-refractivity contribution in [3.8, 4) is 22.6 Å². The molecule has 0 spiro atoms. The first kappa shape index (κ1) is 19.8. The van der Waals surface area contributed by atoms with Crippen LogP contribution < -0.4 is 5.32 Å². The van der Waals surface area contributed by atoms with Gasteiger partial charge in [0.2, 0.25) is 5.91 Å². The number of thioether (sulfide) groups is 1. The predicted molar refractivity (Wildman–Crippen MR) is 118 cm³/mol. The summed E-state index contributed by atoms with van der Waals surface area (Å²) in [5, 5.41) is 3.46. The highest BCUT2D eigenvalue weighted by Crippen LogP contribution is 2.36. The van der Waals surface area contributed by atoms with Gasteiger partial charge in [-0.3, -0.25) is 4.79 Å². The highest BCUT2D eigenvalue weighted by atomic mass is 32.2. The first-order valence-electron chi connectivity index (χ1n) is 10.3. The molecule has 3 aromatic rings. The lowest BCUT2D eigenvalue weighted by Gasteiger charge is -2.24. The molecule has 1 amide bonds. The van der Waals surface area contributed by atoms with Gasteiger partial charge in [0.25, 0.3) is 5.22 Å². The van der Waals surface area contributed by atoms with Crippen molar-refractivity contribution >= 4 is 17.7 Å². The summed E-state index contributed by atoms with van der Waals surface area (Å²) in [6.45, 7) is 1.91. The Hall–Kier alpha value is -2.53. The van der Waals surface area contributed by atoms with Crippen LogP contribution in [0.15, 0.2) is 70.3 Å². The normalized spacial score (nSPS) is 15.8. The molecule has 150 valence electrons. The second-order valence-corrected chi connectivity index (χ2v) is 8.79. The lowest BCUT2D eigenvalue weighted by Crippen LogP contribution is -2.40. The van der Waals surface area contributed by atoms with Gasteiger partial charge in [-0.25, -0.2) is 4.98 Å². The Morgan fingerprint density at radius 2 is 1.62 bits per heavy atom. The van der Waals surface area contributed by atoms with Crippen LogP contribution in [-0.2, 0) is 4.79 Å². The number of carbonyl (C=O) groups excluding carboxylic acids is 1. The van der Waals surface area contributed by atoms with E-state index < -0.39 is 0 Å². The maximum Gasteiger partial charge on any atom is 0.257 e. The number of benzene rings is 2. The van der Waals surface area contributed by atoms with E-state index in [9.17, 15) is 4.79 Å². The number of rotatable bonds is 6. The fourth-order valence-electron chi connectivity index (χ4n) is 3.70. The van der Waals surface area contributed by atoms with Gasteiger partial charge in [-0.1, -0.05) is 91.7 Å². The molecule has 1 N–H and O–H groups in total. The fraction of sp³-hybridized carbons (Fsp3) is 0.333. The van der Waals surface area contributed by atoms with E-state index >= 15 is 0 Å². The van der Waals surface area contributed by atoms with Crippen LogP contribution in [0.1, 0.15) is 39.0 Å². The number of oxazole rings is 1. The minimum Gasteiger partial charge on any atom is -0.431 e. The minimum atomic E-state index is -0.261. The topological polar surface area (TPSA) is 55.1 Å². The van der Waals surface area contributed by atoms with Gasteiger partial charge in [0.05, 0.1) is 5.25 Å². The van der Waals surface area contributed by atoms with Crippen molar-refractivity contribution in [1.82, 2.24) is 10.3 Å². The average Bonchev–Trinajstić information content (AvgIpc) is 3.19. The van der Waals surface area contributed by atoms with Crippen LogP contribution in [0.25, 0.3) is 22.6 Å². The zero-order chi connectivity index (χ0) is 20.1. The molecule has 29 heavy (non-hydrogen) atoms. The standard InChI is InChI=1S/C24H26N2O2S/c1-17(23(27)25-20-15-9-4-10-16-20)29-24-26-21(18-11-5-2-6-12-18)22(28-24)19-13-7-3-8-14-19/h2-3,5-8,11-14,17,20H,4,9-10,15-16H2,1H3,(H,25,27)/t17-/m0/s1. The zero-order valence-electron chi connectivity index (χ0n) is 16.6. The smallest absolute Gasteiger partial charge is 0.257 e. The molecule has 0 radical (unpaired) electrons. The molecule has 1 saturated carbocycles. The summed E-state index contributed by atoms with van der Waals surface area (Å²) in [5.41, 5.74) is 2.78. The molecule has 0 aliphatic heterocycles. The fourth-order valence-corrected chi connectivity index (χ4v) is 4.45. The first-order chi connectivity index (χ1) is 14.2. The summed E-state index contributed by atoms with van der Waals surface area (Å²) in [6, 6.07) is 20.3. The van der Waals surface area contributed by atoms with Crippen molar-refractivity contribution in [3.63, 3.8) is 0 Å². The van der Waals surface area contributed by atoms with Gasteiger partial charge < -0.3 is 9.73 Å². The lowest BCUT2D eigenvalue weighted by atomic mass is 9.95. The van der Waals surface area contributed by atoms with Crippen molar-refractivity contribution in [2.75, 3.05) is 0 Å². The summed E-state index contributed by atoms with van der Waals surface area (Å²) in [6.07, 6.45) is 5.84. The van der Waals surface area contributed by atoms with E-state index in [1.54, 1.807) is 0 Å². The Balaban J connectivity index is 1.54. The second kappa shape index (κ2) is 9.31. The molecule has 4 rings (SSSR count). The Bertz CT molecular complexity index is 877. The number of nitrogens with one attached hydrogen (secondary N) is 1. The van der Waals surface area contributed by atoms with Crippen LogP contribution in [0.4, 0.5) is 0 Å². The number of nitrogens with zero attached hydrogens (tertiary/aromatic N) is 1. The van der Waals surface area contributed by atoms with Crippen LogP contribution in [0.3, 0.4) is 0 Å². The largest absolute Gasteiger partial charge is 0.431 e. The summed E-state index contributed by atoms with van der Waals surface area (Å²) in [5.74, 6) is 0.793. The first-order valence-corrected chi connectivity index (χ1v) is 11.2. The highest BCUT2D eigenvalue weighted by Gasteiger charge is 2.24. The van der Waals surface area contributed by atoms with Crippen molar-refractivity contribution < 1.29 is 9.21 Å². The molecule has 1 heterocycles. The Kier molecular flexibility index (Phi) is 6.35. The third kappa shape index (κ3) is 4.91. The molecular formula is C24H26N2O2S. The molecule has 1 aliphatic rings. The molecule has 0 saturated heterocycles.